The van der Waals surface area contributed by atoms with E-state index in [0.29, 0.717) is 6.04 Å². The summed E-state index contributed by atoms with van der Waals surface area (Å²) in [5.74, 6) is 0.0837. The minimum absolute atomic E-state index is 0.0158. The van der Waals surface area contributed by atoms with Gasteiger partial charge < -0.3 is 26.0 Å². The molecule has 1 aliphatic heterocycles. The van der Waals surface area contributed by atoms with E-state index in [1.165, 1.54) is 5.69 Å². The molecule has 0 saturated carbocycles. The summed E-state index contributed by atoms with van der Waals surface area (Å²) in [6.45, 7) is 2.07. The minimum Gasteiger partial charge on any atom is -0.383 e. The van der Waals surface area contributed by atoms with Gasteiger partial charge >= 0.3 is 0 Å². The van der Waals surface area contributed by atoms with Gasteiger partial charge in [-0.15, -0.1) is 0 Å². The predicted octanol–water partition coefficient (Wildman–Crippen LogP) is 2.17. The Morgan fingerprint density at radius 2 is 2.11 bits per heavy atom. The normalized spacial score (nSPS) is 21.0. The number of nitrogens with one attached hydrogen (secondary N) is 2. The maximum Gasteiger partial charge on any atom is 0.183 e. The second-order valence-electron chi connectivity index (χ2n) is 7.49. The number of rotatable bonds is 6. The molecule has 0 amide bonds. The molecule has 7 nitrogen and oxygen atoms in total. The Bertz CT molecular complexity index is 781. The van der Waals surface area contributed by atoms with Crippen LogP contribution in [0.5, 0.6) is 0 Å². The molecule has 1 saturated heterocycles. The van der Waals surface area contributed by atoms with Crippen LogP contribution in [0.1, 0.15) is 19.3 Å². The first-order valence-corrected chi connectivity index (χ1v) is 9.69. The highest BCUT2D eigenvalue weighted by Gasteiger charge is 2.24. The second kappa shape index (κ2) is 9.03. The lowest BCUT2D eigenvalue weighted by molar-refractivity contribution is 0.269. The zero-order valence-electron chi connectivity index (χ0n) is 16.6. The molecule has 1 heterocycles. The highest BCUT2D eigenvalue weighted by atomic mass is 16.3. The van der Waals surface area contributed by atoms with Crippen LogP contribution in [0.3, 0.4) is 0 Å². The molecule has 2 aliphatic rings. The SMILES string of the molecule is CN(C)C1CCN(c2ccc(NC(O)C(N)=NC(=N)C3=CC=CCC3)cc2)C1. The Morgan fingerprint density at radius 3 is 2.71 bits per heavy atom. The molecule has 28 heavy (non-hydrogen) atoms. The standard InChI is InChI=1S/C21H30N6O/c1-26(2)18-12-13-27(14-18)17-10-8-16(9-11-17)24-21(28)20(23)25-19(22)15-6-4-3-5-7-15/h3-4,6,8-11,18,21,24,28H,5,7,12-14H2,1-2H3,(H3,22,23,25). The van der Waals surface area contributed by atoms with Gasteiger partial charge in [0.25, 0.3) is 0 Å². The van der Waals surface area contributed by atoms with Crippen molar-refractivity contribution in [2.45, 2.75) is 31.5 Å². The minimum atomic E-state index is -1.14. The molecule has 3 rings (SSSR count). The van der Waals surface area contributed by atoms with Gasteiger partial charge in [0.15, 0.2) is 12.1 Å². The highest BCUT2D eigenvalue weighted by molar-refractivity contribution is 6.05. The first-order valence-electron chi connectivity index (χ1n) is 9.69. The van der Waals surface area contributed by atoms with Crippen molar-refractivity contribution < 1.29 is 5.11 Å². The highest BCUT2D eigenvalue weighted by Crippen LogP contribution is 2.24. The van der Waals surface area contributed by atoms with E-state index in [-0.39, 0.29) is 11.7 Å². The van der Waals surface area contributed by atoms with Gasteiger partial charge in [-0.25, -0.2) is 4.99 Å². The number of aliphatic imine (C=N–C) groups is 1. The summed E-state index contributed by atoms with van der Waals surface area (Å²) in [6.07, 6.45) is 7.50. The Kier molecular flexibility index (Phi) is 6.49. The number of aliphatic hydroxyl groups is 1. The number of aliphatic hydroxyl groups excluding tert-OH is 1. The van der Waals surface area contributed by atoms with Gasteiger partial charge in [-0.3, -0.25) is 5.41 Å². The van der Waals surface area contributed by atoms with E-state index in [0.717, 1.165) is 43.6 Å². The maximum atomic E-state index is 10.3. The number of hydrogen-bond acceptors (Lipinski definition) is 5. The van der Waals surface area contributed by atoms with Crippen molar-refractivity contribution >= 4 is 23.0 Å². The molecule has 7 heteroatoms. The number of nitrogens with two attached hydrogens (primary N) is 1. The van der Waals surface area contributed by atoms with Gasteiger partial charge in [-0.2, -0.15) is 0 Å². The maximum absolute atomic E-state index is 10.3. The fourth-order valence-corrected chi connectivity index (χ4v) is 3.46. The molecule has 2 unspecified atom stereocenters. The molecule has 0 aromatic heterocycles. The summed E-state index contributed by atoms with van der Waals surface area (Å²) in [5.41, 5.74) is 8.63. The number of nitrogens with zero attached hydrogens (tertiary/aromatic N) is 3. The van der Waals surface area contributed by atoms with Crippen LogP contribution in [0.15, 0.2) is 53.1 Å². The Labute approximate surface area is 166 Å². The third-order valence-corrected chi connectivity index (χ3v) is 5.27. The van der Waals surface area contributed by atoms with E-state index in [1.54, 1.807) is 0 Å². The van der Waals surface area contributed by atoms with Crippen LogP contribution in [-0.2, 0) is 0 Å². The van der Waals surface area contributed by atoms with Crippen LogP contribution >= 0.6 is 0 Å². The molecular weight excluding hydrogens is 352 g/mol. The molecule has 1 aromatic rings. The zero-order valence-corrected chi connectivity index (χ0v) is 16.6. The Balaban J connectivity index is 1.57. The van der Waals surface area contributed by atoms with E-state index >= 15 is 0 Å². The average molecular weight is 383 g/mol. The lowest BCUT2D eigenvalue weighted by Gasteiger charge is -2.22. The first-order chi connectivity index (χ1) is 13.4. The van der Waals surface area contributed by atoms with Crippen molar-refractivity contribution in [1.82, 2.24) is 4.90 Å². The summed E-state index contributed by atoms with van der Waals surface area (Å²) in [5, 5.41) is 21.3. The summed E-state index contributed by atoms with van der Waals surface area (Å²) < 4.78 is 0. The second-order valence-corrected chi connectivity index (χ2v) is 7.49. The van der Waals surface area contributed by atoms with Crippen LogP contribution in [0, 0.1) is 5.41 Å². The van der Waals surface area contributed by atoms with Crippen molar-refractivity contribution in [3.8, 4) is 0 Å². The lowest BCUT2D eigenvalue weighted by Crippen LogP contribution is -2.36. The van der Waals surface area contributed by atoms with Gasteiger partial charge in [0, 0.05) is 30.5 Å². The van der Waals surface area contributed by atoms with E-state index in [2.05, 4.69) is 34.2 Å². The van der Waals surface area contributed by atoms with Gasteiger partial charge in [0.2, 0.25) is 0 Å². The molecule has 5 N–H and O–H groups in total. The van der Waals surface area contributed by atoms with Crippen molar-refractivity contribution in [2.75, 3.05) is 37.4 Å². The monoisotopic (exact) mass is 382 g/mol. The summed E-state index contributed by atoms with van der Waals surface area (Å²) >= 11 is 0. The van der Waals surface area contributed by atoms with Crippen molar-refractivity contribution in [3.05, 3.63) is 48.1 Å². The van der Waals surface area contributed by atoms with Crippen molar-refractivity contribution in [3.63, 3.8) is 0 Å². The number of benzene rings is 1. The molecule has 1 aromatic carbocycles. The molecule has 150 valence electrons. The quantitative estimate of drug-likeness (QED) is 0.343. The molecule has 0 bridgehead atoms. The molecule has 2 atom stereocenters. The number of anilines is 2. The van der Waals surface area contributed by atoms with E-state index < -0.39 is 6.23 Å². The number of allylic oxidation sites excluding steroid dienone is 3. The Hall–Kier alpha value is -2.64. The molecular formula is C21H30N6O. The molecule has 0 spiro atoms. The number of hydrogen-bond donors (Lipinski definition) is 4. The Morgan fingerprint density at radius 1 is 1.36 bits per heavy atom. The third kappa shape index (κ3) is 4.99. The van der Waals surface area contributed by atoms with Crippen LogP contribution in [0.2, 0.25) is 0 Å². The van der Waals surface area contributed by atoms with E-state index in [4.69, 9.17) is 11.1 Å². The fraction of sp³-hybridized carbons (Fsp3) is 0.429. The number of amidine groups is 2. The van der Waals surface area contributed by atoms with Crippen molar-refractivity contribution in [2.24, 2.45) is 10.7 Å². The van der Waals surface area contributed by atoms with Gasteiger partial charge in [-0.1, -0.05) is 18.2 Å². The van der Waals surface area contributed by atoms with Crippen LogP contribution in [0.25, 0.3) is 0 Å². The zero-order chi connectivity index (χ0) is 20.1. The molecule has 1 aliphatic carbocycles. The van der Waals surface area contributed by atoms with Gasteiger partial charge in [-0.05, 0) is 63.2 Å². The topological polar surface area (TPSA) is 101 Å². The summed E-state index contributed by atoms with van der Waals surface area (Å²) in [6, 6.07) is 8.52. The smallest absolute Gasteiger partial charge is 0.183 e. The van der Waals surface area contributed by atoms with Crippen LogP contribution in [0.4, 0.5) is 11.4 Å². The lowest BCUT2D eigenvalue weighted by atomic mass is 10.0. The van der Waals surface area contributed by atoms with E-state index in [1.807, 2.05) is 42.5 Å². The van der Waals surface area contributed by atoms with Crippen LogP contribution < -0.4 is 16.0 Å². The summed E-state index contributed by atoms with van der Waals surface area (Å²) in [4.78, 5) is 8.69. The van der Waals surface area contributed by atoms with Crippen LogP contribution in [-0.4, -0.2) is 61.1 Å². The largest absolute Gasteiger partial charge is 0.383 e. The predicted molar refractivity (Wildman–Crippen MR) is 116 cm³/mol. The van der Waals surface area contributed by atoms with Crippen molar-refractivity contribution in [1.29, 1.82) is 5.41 Å². The van der Waals surface area contributed by atoms with Gasteiger partial charge in [0.05, 0.1) is 0 Å². The molecule has 0 radical (unpaired) electrons. The fourth-order valence-electron chi connectivity index (χ4n) is 3.46. The van der Waals surface area contributed by atoms with E-state index in [9.17, 15) is 5.11 Å². The average Bonchev–Trinajstić information content (AvgIpc) is 3.19. The molecule has 1 fully saturated rings. The first kappa shape index (κ1) is 20.1. The number of likely N-dealkylation sites (N-methyl/N-ethyl adjacent to an activating group) is 1. The summed E-state index contributed by atoms with van der Waals surface area (Å²) in [7, 11) is 4.24. The van der Waals surface area contributed by atoms with Gasteiger partial charge in [0.1, 0.15) is 5.84 Å². The third-order valence-electron chi connectivity index (χ3n) is 5.27.